The van der Waals surface area contributed by atoms with Crippen molar-refractivity contribution in [2.24, 2.45) is 11.8 Å². The zero-order valence-corrected chi connectivity index (χ0v) is 19.5. The van der Waals surface area contributed by atoms with Crippen molar-refractivity contribution in [1.82, 2.24) is 15.3 Å². The Morgan fingerprint density at radius 2 is 1.84 bits per heavy atom. The van der Waals surface area contributed by atoms with Gasteiger partial charge >= 0.3 is 0 Å². The fraction of sp³-hybridized carbons (Fsp3) is 0.600. The first-order chi connectivity index (χ1) is 15.1. The minimum atomic E-state index is 0.412. The molecule has 2 saturated carbocycles. The summed E-state index contributed by atoms with van der Waals surface area (Å²) in [6.07, 6.45) is 14.2. The van der Waals surface area contributed by atoms with Crippen molar-refractivity contribution in [1.29, 1.82) is 0 Å². The third-order valence-corrected chi connectivity index (χ3v) is 6.84. The summed E-state index contributed by atoms with van der Waals surface area (Å²) >= 11 is 6.53. The van der Waals surface area contributed by atoms with E-state index in [1.807, 2.05) is 12.4 Å². The van der Waals surface area contributed by atoms with Crippen LogP contribution in [0.1, 0.15) is 51.1 Å². The molecule has 2 aromatic rings. The van der Waals surface area contributed by atoms with Gasteiger partial charge in [0.25, 0.3) is 0 Å². The summed E-state index contributed by atoms with van der Waals surface area (Å²) in [7, 11) is 1.76. The standard InChI is InChI=1S/C25H35ClN4O/c1-17(16-31-2)30-21-7-5-18(6-8-21)9-22-11-24(25(26)15-29-22)20-10-23(14-27-13-20)28-12-19-3-4-19/h10-11,13-15,17-19,21,28,30H,3-9,12,16H2,1-2H3/t17-,18?,21?/m0/s1. The zero-order chi connectivity index (χ0) is 21.6. The number of methoxy groups -OCH3 is 1. The van der Waals surface area contributed by atoms with Crippen molar-refractivity contribution in [3.63, 3.8) is 0 Å². The molecule has 2 aliphatic rings. The van der Waals surface area contributed by atoms with Crippen LogP contribution in [0.3, 0.4) is 0 Å². The predicted molar refractivity (Wildman–Crippen MR) is 128 cm³/mol. The molecule has 0 bridgehead atoms. The number of pyridine rings is 2. The number of aromatic nitrogens is 2. The maximum absolute atomic E-state index is 6.53. The van der Waals surface area contributed by atoms with Crippen LogP contribution in [0.15, 0.2) is 30.7 Å². The smallest absolute Gasteiger partial charge is 0.0668 e. The number of nitrogens with one attached hydrogen (secondary N) is 2. The third-order valence-electron chi connectivity index (χ3n) is 6.53. The van der Waals surface area contributed by atoms with Crippen molar-refractivity contribution in [2.75, 3.05) is 25.6 Å². The van der Waals surface area contributed by atoms with Crippen molar-refractivity contribution in [2.45, 2.75) is 64.0 Å². The molecular formula is C25H35ClN4O. The quantitative estimate of drug-likeness (QED) is 0.519. The number of rotatable bonds is 10. The Kier molecular flexibility index (Phi) is 7.81. The summed E-state index contributed by atoms with van der Waals surface area (Å²) in [5, 5.41) is 7.89. The largest absolute Gasteiger partial charge is 0.384 e. The highest BCUT2D eigenvalue weighted by atomic mass is 35.5. The van der Waals surface area contributed by atoms with E-state index in [0.29, 0.717) is 23.0 Å². The Balaban J connectivity index is 1.35. The summed E-state index contributed by atoms with van der Waals surface area (Å²) < 4.78 is 5.25. The second-order valence-electron chi connectivity index (χ2n) is 9.39. The molecule has 0 aromatic carbocycles. The van der Waals surface area contributed by atoms with Gasteiger partial charge in [0, 0.05) is 61.1 Å². The highest BCUT2D eigenvalue weighted by Crippen LogP contribution is 2.33. The minimum absolute atomic E-state index is 0.412. The molecule has 0 unspecified atom stereocenters. The average Bonchev–Trinajstić information content (AvgIpc) is 3.60. The van der Waals surface area contributed by atoms with Crippen LogP contribution in [0.4, 0.5) is 5.69 Å². The van der Waals surface area contributed by atoms with E-state index in [4.69, 9.17) is 16.3 Å². The van der Waals surface area contributed by atoms with Gasteiger partial charge in [-0.05, 0) is 75.8 Å². The lowest BCUT2D eigenvalue weighted by molar-refractivity contribution is 0.158. The van der Waals surface area contributed by atoms with Crippen LogP contribution in [0.5, 0.6) is 0 Å². The fourth-order valence-corrected chi connectivity index (χ4v) is 4.82. The van der Waals surface area contributed by atoms with Crippen molar-refractivity contribution >= 4 is 17.3 Å². The van der Waals surface area contributed by atoms with Crippen LogP contribution in [-0.4, -0.2) is 42.3 Å². The fourth-order valence-electron chi connectivity index (χ4n) is 4.61. The molecule has 0 saturated heterocycles. The van der Waals surface area contributed by atoms with Crippen LogP contribution < -0.4 is 10.6 Å². The van der Waals surface area contributed by atoms with E-state index in [2.05, 4.69) is 39.7 Å². The molecule has 2 aromatic heterocycles. The van der Waals surface area contributed by atoms with Gasteiger partial charge in [-0.2, -0.15) is 0 Å². The van der Waals surface area contributed by atoms with Crippen molar-refractivity contribution in [3.8, 4) is 11.1 Å². The Labute approximate surface area is 191 Å². The predicted octanol–water partition coefficient (Wildman–Crippen LogP) is 5.34. The molecule has 0 amide bonds. The molecule has 2 heterocycles. The topological polar surface area (TPSA) is 59.1 Å². The molecule has 5 nitrogen and oxygen atoms in total. The summed E-state index contributed by atoms with van der Waals surface area (Å²) in [4.78, 5) is 9.07. The van der Waals surface area contributed by atoms with Crippen LogP contribution in [0.2, 0.25) is 5.02 Å². The van der Waals surface area contributed by atoms with Gasteiger partial charge in [0.05, 0.1) is 17.3 Å². The Bertz CT molecular complexity index is 849. The second-order valence-corrected chi connectivity index (χ2v) is 9.79. The molecule has 168 valence electrons. The van der Waals surface area contributed by atoms with E-state index in [0.717, 1.165) is 48.0 Å². The lowest BCUT2D eigenvalue weighted by atomic mass is 9.83. The second kappa shape index (κ2) is 10.8. The first-order valence-corrected chi connectivity index (χ1v) is 12.1. The number of hydrogen-bond acceptors (Lipinski definition) is 5. The molecule has 2 aliphatic carbocycles. The summed E-state index contributed by atoms with van der Waals surface area (Å²) in [6.45, 7) is 3.99. The van der Waals surface area contributed by atoms with Crippen molar-refractivity contribution in [3.05, 3.63) is 41.4 Å². The van der Waals surface area contributed by atoms with Gasteiger partial charge in [-0.25, -0.2) is 0 Å². The first-order valence-electron chi connectivity index (χ1n) is 11.7. The van der Waals surface area contributed by atoms with Gasteiger partial charge in [-0.3, -0.25) is 9.97 Å². The van der Waals surface area contributed by atoms with E-state index in [1.165, 1.54) is 38.5 Å². The van der Waals surface area contributed by atoms with Gasteiger partial charge in [-0.1, -0.05) is 11.6 Å². The Morgan fingerprint density at radius 3 is 2.58 bits per heavy atom. The normalized spacial score (nSPS) is 22.3. The van der Waals surface area contributed by atoms with E-state index in [-0.39, 0.29) is 0 Å². The maximum atomic E-state index is 6.53. The van der Waals surface area contributed by atoms with E-state index in [9.17, 15) is 0 Å². The summed E-state index contributed by atoms with van der Waals surface area (Å²) in [5.74, 6) is 1.51. The molecule has 0 spiro atoms. The van der Waals surface area contributed by atoms with Gasteiger partial charge in [0.1, 0.15) is 0 Å². The highest BCUT2D eigenvalue weighted by Gasteiger charge is 2.23. The first kappa shape index (κ1) is 22.5. The molecule has 4 rings (SSSR count). The molecule has 6 heteroatoms. The Hall–Kier alpha value is -1.69. The monoisotopic (exact) mass is 442 g/mol. The molecule has 0 radical (unpaired) electrons. The van der Waals surface area contributed by atoms with Crippen LogP contribution in [-0.2, 0) is 11.2 Å². The van der Waals surface area contributed by atoms with E-state index in [1.54, 1.807) is 13.3 Å². The lowest BCUT2D eigenvalue weighted by Crippen LogP contribution is -2.41. The Morgan fingerprint density at radius 1 is 1.06 bits per heavy atom. The number of halogens is 1. The van der Waals surface area contributed by atoms with Crippen LogP contribution in [0, 0.1) is 11.8 Å². The van der Waals surface area contributed by atoms with Gasteiger partial charge in [-0.15, -0.1) is 0 Å². The molecule has 1 atom stereocenters. The van der Waals surface area contributed by atoms with E-state index >= 15 is 0 Å². The molecular weight excluding hydrogens is 408 g/mol. The maximum Gasteiger partial charge on any atom is 0.0668 e. The van der Waals surface area contributed by atoms with Gasteiger partial charge < -0.3 is 15.4 Å². The zero-order valence-electron chi connectivity index (χ0n) is 18.7. The molecule has 2 fully saturated rings. The van der Waals surface area contributed by atoms with Crippen LogP contribution >= 0.6 is 11.6 Å². The highest BCUT2D eigenvalue weighted by molar-refractivity contribution is 6.33. The number of ether oxygens (including phenoxy) is 1. The molecule has 2 N–H and O–H groups in total. The SMILES string of the molecule is COC[C@H](C)NC1CCC(Cc2cc(-c3cncc(NCC4CC4)c3)c(Cl)cn2)CC1. The van der Waals surface area contributed by atoms with E-state index < -0.39 is 0 Å². The number of anilines is 1. The van der Waals surface area contributed by atoms with Gasteiger partial charge in [0.2, 0.25) is 0 Å². The summed E-state index contributed by atoms with van der Waals surface area (Å²) in [6, 6.07) is 5.33. The molecule has 0 aliphatic heterocycles. The number of hydrogen-bond donors (Lipinski definition) is 2. The number of nitrogens with zero attached hydrogens (tertiary/aromatic N) is 2. The van der Waals surface area contributed by atoms with Crippen LogP contribution in [0.25, 0.3) is 11.1 Å². The minimum Gasteiger partial charge on any atom is -0.384 e. The lowest BCUT2D eigenvalue weighted by Gasteiger charge is -2.31. The van der Waals surface area contributed by atoms with Crippen molar-refractivity contribution < 1.29 is 4.74 Å². The van der Waals surface area contributed by atoms with Gasteiger partial charge in [0.15, 0.2) is 0 Å². The average molecular weight is 443 g/mol. The molecule has 31 heavy (non-hydrogen) atoms. The third kappa shape index (κ3) is 6.64. The summed E-state index contributed by atoms with van der Waals surface area (Å²) in [5.41, 5.74) is 4.26.